The molecule has 1 amide bonds. The molecule has 124 valence electrons. The van der Waals surface area contributed by atoms with Crippen molar-refractivity contribution in [1.82, 2.24) is 24.9 Å². The van der Waals surface area contributed by atoms with Crippen molar-refractivity contribution in [3.8, 4) is 0 Å². The molecular weight excluding hydrogens is 326 g/mol. The van der Waals surface area contributed by atoms with Gasteiger partial charge in [0.05, 0.1) is 17.8 Å². The Bertz CT molecular complexity index is 812. The topological polar surface area (TPSA) is 64.7 Å². The Balaban J connectivity index is 1.65. The van der Waals surface area contributed by atoms with Gasteiger partial charge in [0.2, 0.25) is 5.91 Å². The zero-order valence-electron chi connectivity index (χ0n) is 13.3. The first-order valence-corrected chi connectivity index (χ1v) is 8.03. The summed E-state index contributed by atoms with van der Waals surface area (Å²) in [5, 5.41) is 11.8. The molecule has 0 unspecified atom stereocenters. The molecule has 24 heavy (non-hydrogen) atoms. The number of aromatic nitrogens is 4. The van der Waals surface area contributed by atoms with Gasteiger partial charge in [0.25, 0.3) is 0 Å². The van der Waals surface area contributed by atoms with E-state index < -0.39 is 6.04 Å². The minimum absolute atomic E-state index is 0.108. The molecule has 0 fully saturated rings. The summed E-state index contributed by atoms with van der Waals surface area (Å²) in [6.07, 6.45) is 6.82. The van der Waals surface area contributed by atoms with Gasteiger partial charge in [0.15, 0.2) is 0 Å². The van der Waals surface area contributed by atoms with Crippen LogP contribution in [0.2, 0.25) is 5.02 Å². The second-order valence-corrected chi connectivity index (χ2v) is 5.94. The van der Waals surface area contributed by atoms with Crippen LogP contribution in [0.3, 0.4) is 0 Å². The predicted octanol–water partition coefficient (Wildman–Crippen LogP) is 2.66. The van der Waals surface area contributed by atoms with Crippen molar-refractivity contribution < 1.29 is 4.79 Å². The number of hydrogen-bond donors (Lipinski definition) is 1. The van der Waals surface area contributed by atoms with Crippen molar-refractivity contribution in [3.05, 3.63) is 71.3 Å². The van der Waals surface area contributed by atoms with E-state index in [-0.39, 0.29) is 5.91 Å². The number of hydrogen-bond acceptors (Lipinski definition) is 3. The molecule has 0 saturated heterocycles. The van der Waals surface area contributed by atoms with E-state index in [4.69, 9.17) is 11.6 Å². The number of benzene rings is 1. The minimum Gasteiger partial charge on any atom is -0.350 e. The average Bonchev–Trinajstić information content (AvgIpc) is 3.24. The van der Waals surface area contributed by atoms with Crippen molar-refractivity contribution in [2.75, 3.05) is 0 Å². The molecule has 3 aromatic rings. The van der Waals surface area contributed by atoms with Crippen molar-refractivity contribution in [2.24, 2.45) is 0 Å². The first-order valence-electron chi connectivity index (χ1n) is 7.65. The highest BCUT2D eigenvalue weighted by atomic mass is 35.5. The molecule has 3 rings (SSSR count). The molecule has 0 radical (unpaired) electrons. The van der Waals surface area contributed by atoms with Crippen LogP contribution < -0.4 is 5.32 Å². The maximum absolute atomic E-state index is 12.3. The lowest BCUT2D eigenvalue weighted by Crippen LogP contribution is -2.31. The van der Waals surface area contributed by atoms with E-state index in [9.17, 15) is 4.79 Å². The van der Waals surface area contributed by atoms with Crippen LogP contribution in [0.15, 0.2) is 55.1 Å². The van der Waals surface area contributed by atoms with Crippen molar-refractivity contribution >= 4 is 17.5 Å². The van der Waals surface area contributed by atoms with Gasteiger partial charge in [-0.2, -0.15) is 10.2 Å². The molecule has 0 spiro atoms. The minimum atomic E-state index is -0.421. The van der Waals surface area contributed by atoms with E-state index in [0.29, 0.717) is 18.1 Å². The first kappa shape index (κ1) is 16.3. The maximum atomic E-state index is 12.3. The van der Waals surface area contributed by atoms with E-state index in [2.05, 4.69) is 15.5 Å². The van der Waals surface area contributed by atoms with Gasteiger partial charge in [-0.1, -0.05) is 35.9 Å². The molecule has 1 atom stereocenters. The van der Waals surface area contributed by atoms with Gasteiger partial charge in [-0.3, -0.25) is 14.2 Å². The Kier molecular flexibility index (Phi) is 4.96. The highest BCUT2D eigenvalue weighted by Crippen LogP contribution is 2.13. The maximum Gasteiger partial charge on any atom is 0.244 e. The third-order valence-corrected chi connectivity index (χ3v) is 4.00. The monoisotopic (exact) mass is 343 g/mol. The average molecular weight is 344 g/mol. The number of carbonyl (C=O) groups excluding carboxylic acids is 1. The quantitative estimate of drug-likeness (QED) is 0.748. The number of amides is 1. The Morgan fingerprint density at radius 1 is 1.25 bits per heavy atom. The first-order chi connectivity index (χ1) is 11.6. The fourth-order valence-electron chi connectivity index (χ4n) is 2.43. The number of halogens is 1. The number of carbonyl (C=O) groups is 1. The Labute approximate surface area is 145 Å². The van der Waals surface area contributed by atoms with Gasteiger partial charge in [-0.05, 0) is 24.1 Å². The standard InChI is InChI=1S/C17H18ClN5O/c1-13(23-12-16(18)10-21-23)17(24)19-9-14-5-2-3-6-15(14)11-22-8-4-7-20-22/h2-8,10,12-13H,9,11H2,1H3,(H,19,24)/t13-/m0/s1. The lowest BCUT2D eigenvalue weighted by atomic mass is 10.1. The van der Waals surface area contributed by atoms with E-state index in [0.717, 1.165) is 11.1 Å². The van der Waals surface area contributed by atoms with Crippen molar-refractivity contribution in [3.63, 3.8) is 0 Å². The number of rotatable bonds is 6. The lowest BCUT2D eigenvalue weighted by molar-refractivity contribution is -0.124. The van der Waals surface area contributed by atoms with Gasteiger partial charge in [-0.25, -0.2) is 0 Å². The summed E-state index contributed by atoms with van der Waals surface area (Å²) in [7, 11) is 0. The third-order valence-electron chi connectivity index (χ3n) is 3.81. The second-order valence-electron chi connectivity index (χ2n) is 5.50. The molecule has 0 aliphatic rings. The normalized spacial score (nSPS) is 12.1. The Morgan fingerprint density at radius 2 is 2.04 bits per heavy atom. The number of nitrogens with one attached hydrogen (secondary N) is 1. The Morgan fingerprint density at radius 3 is 2.71 bits per heavy atom. The zero-order chi connectivity index (χ0) is 16.9. The fraction of sp³-hybridized carbons (Fsp3) is 0.235. The molecule has 0 aliphatic carbocycles. The summed E-state index contributed by atoms with van der Waals surface area (Å²) in [6, 6.07) is 9.47. The van der Waals surface area contributed by atoms with E-state index in [1.54, 1.807) is 24.0 Å². The van der Waals surface area contributed by atoms with Crippen LogP contribution in [0.5, 0.6) is 0 Å². The summed E-state index contributed by atoms with van der Waals surface area (Å²) in [4.78, 5) is 12.3. The van der Waals surface area contributed by atoms with Crippen molar-refractivity contribution in [2.45, 2.75) is 26.1 Å². The van der Waals surface area contributed by atoms with Gasteiger partial charge in [0.1, 0.15) is 6.04 Å². The molecule has 2 heterocycles. The predicted molar refractivity (Wildman–Crippen MR) is 91.6 cm³/mol. The Hall–Kier alpha value is -2.60. The van der Waals surface area contributed by atoms with Crippen LogP contribution in [-0.2, 0) is 17.9 Å². The number of nitrogens with zero attached hydrogens (tertiary/aromatic N) is 4. The summed E-state index contributed by atoms with van der Waals surface area (Å²) < 4.78 is 3.41. The van der Waals surface area contributed by atoms with E-state index in [1.165, 1.54) is 6.20 Å². The van der Waals surface area contributed by atoms with Crippen LogP contribution in [0, 0.1) is 0 Å². The van der Waals surface area contributed by atoms with E-state index >= 15 is 0 Å². The van der Waals surface area contributed by atoms with Gasteiger partial charge < -0.3 is 5.32 Å². The highest BCUT2D eigenvalue weighted by Gasteiger charge is 2.16. The summed E-state index contributed by atoms with van der Waals surface area (Å²) in [5.41, 5.74) is 2.18. The van der Waals surface area contributed by atoms with Gasteiger partial charge in [-0.15, -0.1) is 0 Å². The SMILES string of the molecule is C[C@@H](C(=O)NCc1ccccc1Cn1cccn1)n1cc(Cl)cn1. The summed E-state index contributed by atoms with van der Waals surface area (Å²) in [5.74, 6) is -0.108. The van der Waals surface area contributed by atoms with Crippen molar-refractivity contribution in [1.29, 1.82) is 0 Å². The fourth-order valence-corrected chi connectivity index (χ4v) is 2.57. The summed E-state index contributed by atoms with van der Waals surface area (Å²) >= 11 is 5.85. The van der Waals surface area contributed by atoms with Crippen LogP contribution in [-0.4, -0.2) is 25.5 Å². The molecular formula is C17H18ClN5O. The molecule has 1 aromatic carbocycles. The molecule has 2 aromatic heterocycles. The van der Waals surface area contributed by atoms with Gasteiger partial charge >= 0.3 is 0 Å². The van der Waals surface area contributed by atoms with Gasteiger partial charge in [0, 0.05) is 25.1 Å². The second kappa shape index (κ2) is 7.31. The molecule has 0 bridgehead atoms. The van der Waals surface area contributed by atoms with Crippen LogP contribution >= 0.6 is 11.6 Å². The van der Waals surface area contributed by atoms with E-state index in [1.807, 2.05) is 41.2 Å². The zero-order valence-corrected chi connectivity index (χ0v) is 14.0. The third kappa shape index (κ3) is 3.83. The smallest absolute Gasteiger partial charge is 0.244 e. The van der Waals surface area contributed by atoms with Crippen LogP contribution in [0.4, 0.5) is 0 Å². The highest BCUT2D eigenvalue weighted by molar-refractivity contribution is 6.30. The van der Waals surface area contributed by atoms with Crippen LogP contribution in [0.1, 0.15) is 24.1 Å². The molecule has 0 saturated carbocycles. The molecule has 1 N–H and O–H groups in total. The molecule has 0 aliphatic heterocycles. The molecule has 7 heteroatoms. The molecule has 6 nitrogen and oxygen atoms in total. The van der Waals surface area contributed by atoms with Crippen LogP contribution in [0.25, 0.3) is 0 Å². The largest absolute Gasteiger partial charge is 0.350 e. The summed E-state index contributed by atoms with van der Waals surface area (Å²) in [6.45, 7) is 2.91. The lowest BCUT2D eigenvalue weighted by Gasteiger charge is -2.14.